The van der Waals surface area contributed by atoms with Gasteiger partial charge in [-0.25, -0.2) is 4.99 Å². The van der Waals surface area contributed by atoms with Crippen molar-refractivity contribution < 1.29 is 9.53 Å². The number of ether oxygens (including phenoxy) is 1. The molecule has 2 atom stereocenters. The highest BCUT2D eigenvalue weighted by atomic mass is 32.1. The Morgan fingerprint density at radius 2 is 2.05 bits per heavy atom. The number of carbonyl (C=O) groups is 1. The largest absolute Gasteiger partial charge is 0.497 e. The predicted octanol–water partition coefficient (Wildman–Crippen LogP) is 2.55. The monoisotopic (exact) mass is 302 g/mol. The summed E-state index contributed by atoms with van der Waals surface area (Å²) < 4.78 is 5.15. The fourth-order valence-electron chi connectivity index (χ4n) is 2.90. The molecule has 2 fully saturated rings. The van der Waals surface area contributed by atoms with Crippen molar-refractivity contribution in [2.24, 2.45) is 10.9 Å². The van der Waals surface area contributed by atoms with E-state index < -0.39 is 0 Å². The van der Waals surface area contributed by atoms with Crippen LogP contribution in [0.3, 0.4) is 0 Å². The minimum absolute atomic E-state index is 0.117. The molecule has 1 aromatic carbocycles. The summed E-state index contributed by atoms with van der Waals surface area (Å²) in [5.74, 6) is 1.49. The minimum Gasteiger partial charge on any atom is -0.497 e. The Bertz CT molecular complexity index is 574. The van der Waals surface area contributed by atoms with Gasteiger partial charge >= 0.3 is 0 Å². The highest BCUT2D eigenvalue weighted by Gasteiger charge is 2.45. The summed E-state index contributed by atoms with van der Waals surface area (Å²) in [6, 6.07) is 8.50. The van der Waals surface area contributed by atoms with E-state index in [0.29, 0.717) is 5.92 Å². The molecule has 110 valence electrons. The van der Waals surface area contributed by atoms with E-state index in [2.05, 4.69) is 27.7 Å². The molecule has 1 amide bonds. The van der Waals surface area contributed by atoms with Gasteiger partial charge in [-0.15, -0.1) is 0 Å². The number of amides is 1. The molecule has 0 saturated heterocycles. The first kappa shape index (κ1) is 14.2. The van der Waals surface area contributed by atoms with E-state index in [-0.39, 0.29) is 23.9 Å². The first-order chi connectivity index (χ1) is 10.2. The van der Waals surface area contributed by atoms with Crippen LogP contribution >= 0.6 is 12.2 Å². The Morgan fingerprint density at radius 3 is 2.67 bits per heavy atom. The summed E-state index contributed by atoms with van der Waals surface area (Å²) in [5.41, 5.74) is 1.22. The van der Waals surface area contributed by atoms with Crippen LogP contribution in [0, 0.1) is 5.92 Å². The Morgan fingerprint density at radius 1 is 1.33 bits per heavy atom. The number of carbonyl (C=O) groups excluding carboxylic acids is 1. The molecule has 21 heavy (non-hydrogen) atoms. The fourth-order valence-corrected chi connectivity index (χ4v) is 3.05. The first-order valence-electron chi connectivity index (χ1n) is 7.22. The van der Waals surface area contributed by atoms with Crippen LogP contribution in [0.1, 0.15) is 30.7 Å². The van der Waals surface area contributed by atoms with Crippen molar-refractivity contribution in [2.75, 3.05) is 7.11 Å². The van der Waals surface area contributed by atoms with Gasteiger partial charge in [-0.05, 0) is 55.1 Å². The molecule has 1 N–H and O–H groups in total. The van der Waals surface area contributed by atoms with Crippen LogP contribution in [0.15, 0.2) is 29.3 Å². The van der Waals surface area contributed by atoms with Gasteiger partial charge in [0.2, 0.25) is 5.91 Å². The first-order valence-corrected chi connectivity index (χ1v) is 7.63. The zero-order chi connectivity index (χ0) is 14.8. The van der Waals surface area contributed by atoms with Crippen LogP contribution in [0.4, 0.5) is 0 Å². The summed E-state index contributed by atoms with van der Waals surface area (Å²) in [6.07, 6.45) is 2.71. The Hall–Kier alpha value is -1.71. The van der Waals surface area contributed by atoms with Crippen LogP contribution in [0.25, 0.3) is 0 Å². The molecule has 0 radical (unpaired) electrons. The Kier molecular flexibility index (Phi) is 4.04. The molecule has 5 heteroatoms. The molecule has 0 bridgehead atoms. The second-order valence-corrected chi connectivity index (χ2v) is 5.96. The molecule has 4 nitrogen and oxygen atoms in total. The number of benzene rings is 1. The van der Waals surface area contributed by atoms with Gasteiger partial charge in [0.25, 0.3) is 0 Å². The van der Waals surface area contributed by atoms with Crippen LogP contribution < -0.4 is 10.1 Å². The average Bonchev–Trinajstić information content (AvgIpc) is 3.25. The van der Waals surface area contributed by atoms with Crippen molar-refractivity contribution in [3.05, 3.63) is 29.8 Å². The summed E-state index contributed by atoms with van der Waals surface area (Å²) in [7, 11) is 1.65. The predicted molar refractivity (Wildman–Crippen MR) is 83.8 cm³/mol. The normalized spacial score (nSPS) is 29.8. The van der Waals surface area contributed by atoms with Gasteiger partial charge in [-0.3, -0.25) is 4.79 Å². The summed E-state index contributed by atoms with van der Waals surface area (Å²) in [6.45, 7) is 0. The molecule has 0 aliphatic heterocycles. The summed E-state index contributed by atoms with van der Waals surface area (Å²) >= 11 is 4.58. The number of hydrogen-bond donors (Lipinski definition) is 1. The van der Waals surface area contributed by atoms with Gasteiger partial charge in [0.1, 0.15) is 5.75 Å². The molecule has 2 unspecified atom stereocenters. The van der Waals surface area contributed by atoms with Crippen LogP contribution in [-0.4, -0.2) is 30.3 Å². The lowest BCUT2D eigenvalue weighted by molar-refractivity contribution is -0.123. The maximum atomic E-state index is 12.2. The lowest BCUT2D eigenvalue weighted by Crippen LogP contribution is -2.46. The number of hydrogen-bond acceptors (Lipinski definition) is 4. The lowest BCUT2D eigenvalue weighted by Gasteiger charge is -2.32. The van der Waals surface area contributed by atoms with Crippen LogP contribution in [0.2, 0.25) is 0 Å². The zero-order valence-electron chi connectivity index (χ0n) is 11.9. The second-order valence-electron chi connectivity index (χ2n) is 5.77. The van der Waals surface area contributed by atoms with Gasteiger partial charge in [-0.2, -0.15) is 0 Å². The molecule has 3 rings (SSSR count). The third-order valence-corrected chi connectivity index (χ3v) is 4.47. The van der Waals surface area contributed by atoms with Crippen LogP contribution in [0.5, 0.6) is 5.75 Å². The molecular formula is C16H18N2O2S. The number of nitrogens with one attached hydrogen (secondary N) is 1. The van der Waals surface area contributed by atoms with E-state index in [1.807, 2.05) is 24.3 Å². The maximum Gasteiger partial charge on any atom is 0.223 e. The van der Waals surface area contributed by atoms with E-state index in [9.17, 15) is 4.79 Å². The van der Waals surface area contributed by atoms with Gasteiger partial charge < -0.3 is 10.1 Å². The number of thiocarbonyl (C=S) groups is 1. The van der Waals surface area contributed by atoms with Gasteiger partial charge in [-0.1, -0.05) is 12.1 Å². The maximum absolute atomic E-state index is 12.2. The van der Waals surface area contributed by atoms with E-state index in [1.54, 1.807) is 7.11 Å². The summed E-state index contributed by atoms with van der Waals surface area (Å²) in [5, 5.41) is 5.51. The Labute approximate surface area is 129 Å². The molecule has 2 saturated carbocycles. The number of nitrogens with zero attached hydrogens (tertiary/aromatic N) is 1. The topological polar surface area (TPSA) is 50.7 Å². The SMILES string of the molecule is COc1ccc(C2CC2C(=O)N[C@H]2C[C@@H](N=C=S)C2)cc1. The Balaban J connectivity index is 1.48. The third-order valence-electron chi connectivity index (χ3n) is 4.37. The van der Waals surface area contributed by atoms with Crippen molar-refractivity contribution in [3.63, 3.8) is 0 Å². The number of isothiocyanates is 1. The van der Waals surface area contributed by atoms with Crippen molar-refractivity contribution in [1.29, 1.82) is 0 Å². The number of aliphatic imine (C=N–C) groups is 1. The highest BCUT2D eigenvalue weighted by molar-refractivity contribution is 7.78. The lowest BCUT2D eigenvalue weighted by atomic mass is 9.87. The zero-order valence-corrected chi connectivity index (χ0v) is 12.7. The quantitative estimate of drug-likeness (QED) is 0.672. The van der Waals surface area contributed by atoms with Crippen molar-refractivity contribution in [1.82, 2.24) is 5.32 Å². The highest BCUT2D eigenvalue weighted by Crippen LogP contribution is 2.48. The van der Waals surface area contributed by atoms with E-state index >= 15 is 0 Å². The molecule has 1 aromatic rings. The number of methoxy groups -OCH3 is 1. The molecule has 0 spiro atoms. The standard InChI is InChI=1S/C16H18N2O2S/c1-20-13-4-2-10(3-5-13)14-8-15(14)16(19)18-12-6-11(7-12)17-9-21/h2-5,11-12,14-15H,6-8H2,1H3,(H,18,19)/t11-,12+,14?,15?. The van der Waals surface area contributed by atoms with E-state index in [0.717, 1.165) is 25.0 Å². The van der Waals surface area contributed by atoms with Crippen molar-refractivity contribution in [3.8, 4) is 5.75 Å². The second kappa shape index (κ2) is 5.96. The minimum atomic E-state index is 0.117. The third kappa shape index (κ3) is 3.14. The average molecular weight is 302 g/mol. The molecule has 0 heterocycles. The fraction of sp³-hybridized carbons (Fsp3) is 0.500. The van der Waals surface area contributed by atoms with Gasteiger partial charge in [0, 0.05) is 12.0 Å². The van der Waals surface area contributed by atoms with Crippen LogP contribution in [-0.2, 0) is 4.79 Å². The molecule has 2 aliphatic rings. The van der Waals surface area contributed by atoms with E-state index in [1.165, 1.54) is 5.56 Å². The van der Waals surface area contributed by atoms with Gasteiger partial charge in [0.15, 0.2) is 0 Å². The molecule has 0 aromatic heterocycles. The molecule has 2 aliphatic carbocycles. The smallest absolute Gasteiger partial charge is 0.223 e. The van der Waals surface area contributed by atoms with Gasteiger partial charge in [0.05, 0.1) is 18.3 Å². The van der Waals surface area contributed by atoms with Crippen molar-refractivity contribution >= 4 is 23.3 Å². The molecular weight excluding hydrogens is 284 g/mol. The van der Waals surface area contributed by atoms with E-state index in [4.69, 9.17) is 4.74 Å². The summed E-state index contributed by atoms with van der Waals surface area (Å²) in [4.78, 5) is 16.2. The van der Waals surface area contributed by atoms with Crippen molar-refractivity contribution in [2.45, 2.75) is 37.3 Å². The number of rotatable bonds is 5.